The summed E-state index contributed by atoms with van der Waals surface area (Å²) in [4.78, 5) is 2.43. The fourth-order valence-electron chi connectivity index (χ4n) is 2.22. The van der Waals surface area contributed by atoms with Gasteiger partial charge in [0.05, 0.1) is 0 Å². The predicted molar refractivity (Wildman–Crippen MR) is 53.3 cm³/mol. The predicted octanol–water partition coefficient (Wildman–Crippen LogP) is 1.18. The van der Waals surface area contributed by atoms with Crippen LogP contribution in [-0.2, 0) is 0 Å². The minimum atomic E-state index is 0.713. The molecule has 0 aliphatic carbocycles. The molecule has 0 bridgehead atoms. The third-order valence-electron chi connectivity index (χ3n) is 3.29. The Kier molecular flexibility index (Phi) is 3.53. The number of nitrogens with one attached hydrogen (secondary N) is 1. The summed E-state index contributed by atoms with van der Waals surface area (Å²) in [6, 6.07) is 0.713. The summed E-state index contributed by atoms with van der Waals surface area (Å²) in [6.07, 6.45) is 1.30. The molecule has 0 aromatic rings. The fraction of sp³-hybridized carbons (Fsp3) is 1.00. The summed E-state index contributed by atoms with van der Waals surface area (Å²) in [5.74, 6) is 1.71. The van der Waals surface area contributed by atoms with E-state index in [4.69, 9.17) is 0 Å². The Balaban J connectivity index is 2.51. The quantitative estimate of drug-likeness (QED) is 0.684. The van der Waals surface area contributed by atoms with E-state index in [1.807, 2.05) is 0 Å². The van der Waals surface area contributed by atoms with E-state index in [1.165, 1.54) is 19.5 Å². The zero-order chi connectivity index (χ0) is 9.14. The molecular formula is C10H22N2. The van der Waals surface area contributed by atoms with Crippen molar-refractivity contribution in [2.75, 3.05) is 27.2 Å². The van der Waals surface area contributed by atoms with Gasteiger partial charge in [0.2, 0.25) is 0 Å². The lowest BCUT2D eigenvalue weighted by atomic mass is 9.88. The van der Waals surface area contributed by atoms with Crippen LogP contribution in [0.2, 0.25) is 0 Å². The van der Waals surface area contributed by atoms with Gasteiger partial charge in [-0.15, -0.1) is 0 Å². The van der Waals surface area contributed by atoms with Gasteiger partial charge < -0.3 is 10.2 Å². The molecule has 3 atom stereocenters. The van der Waals surface area contributed by atoms with Crippen molar-refractivity contribution in [2.45, 2.75) is 26.3 Å². The summed E-state index contributed by atoms with van der Waals surface area (Å²) in [5, 5.41) is 3.42. The lowest BCUT2D eigenvalue weighted by Gasteiger charge is -2.23. The lowest BCUT2D eigenvalue weighted by molar-refractivity contribution is 0.307. The van der Waals surface area contributed by atoms with Crippen LogP contribution in [0.25, 0.3) is 0 Å². The molecule has 1 aliphatic heterocycles. The number of likely N-dealkylation sites (N-methyl/N-ethyl adjacent to an activating group) is 2. The minimum Gasteiger partial charge on any atom is -0.315 e. The standard InChI is InChI=1S/C10H22N2/c1-5-8(2)9-6-12(4)7-10(9)11-3/h8-11H,5-7H2,1-4H3. The first-order valence-electron chi connectivity index (χ1n) is 5.04. The number of rotatable bonds is 3. The Hall–Kier alpha value is -0.0800. The molecule has 0 radical (unpaired) electrons. The van der Waals surface area contributed by atoms with Crippen molar-refractivity contribution in [3.8, 4) is 0 Å². The van der Waals surface area contributed by atoms with Gasteiger partial charge >= 0.3 is 0 Å². The molecule has 1 fully saturated rings. The Bertz CT molecular complexity index is 136. The topological polar surface area (TPSA) is 15.3 Å². The van der Waals surface area contributed by atoms with Gasteiger partial charge in [0.15, 0.2) is 0 Å². The number of likely N-dealkylation sites (tertiary alicyclic amines) is 1. The van der Waals surface area contributed by atoms with E-state index < -0.39 is 0 Å². The maximum Gasteiger partial charge on any atom is 0.0234 e. The molecule has 0 aromatic carbocycles. The van der Waals surface area contributed by atoms with E-state index in [1.54, 1.807) is 0 Å². The van der Waals surface area contributed by atoms with Crippen molar-refractivity contribution in [2.24, 2.45) is 11.8 Å². The van der Waals surface area contributed by atoms with Crippen molar-refractivity contribution >= 4 is 0 Å². The molecule has 2 nitrogen and oxygen atoms in total. The van der Waals surface area contributed by atoms with Crippen molar-refractivity contribution in [3.05, 3.63) is 0 Å². The Morgan fingerprint density at radius 3 is 2.67 bits per heavy atom. The van der Waals surface area contributed by atoms with Gasteiger partial charge in [0.1, 0.15) is 0 Å². The van der Waals surface area contributed by atoms with Gasteiger partial charge in [0.25, 0.3) is 0 Å². The molecular weight excluding hydrogens is 148 g/mol. The van der Waals surface area contributed by atoms with Crippen LogP contribution < -0.4 is 5.32 Å². The van der Waals surface area contributed by atoms with E-state index in [0.717, 1.165) is 11.8 Å². The molecule has 1 saturated heterocycles. The number of hydrogen-bond acceptors (Lipinski definition) is 2. The van der Waals surface area contributed by atoms with Crippen molar-refractivity contribution in [1.29, 1.82) is 0 Å². The van der Waals surface area contributed by atoms with Crippen molar-refractivity contribution < 1.29 is 0 Å². The third kappa shape index (κ3) is 1.99. The van der Waals surface area contributed by atoms with Crippen LogP contribution in [0.15, 0.2) is 0 Å². The maximum atomic E-state index is 3.42. The highest BCUT2D eigenvalue weighted by molar-refractivity contribution is 4.88. The molecule has 1 heterocycles. The summed E-state index contributed by atoms with van der Waals surface area (Å²) in [7, 11) is 4.30. The first-order valence-corrected chi connectivity index (χ1v) is 5.04. The highest BCUT2D eigenvalue weighted by Gasteiger charge is 2.32. The number of nitrogens with zero attached hydrogens (tertiary/aromatic N) is 1. The van der Waals surface area contributed by atoms with Crippen LogP contribution in [-0.4, -0.2) is 38.1 Å². The second-order valence-corrected chi connectivity index (χ2v) is 4.17. The van der Waals surface area contributed by atoms with Gasteiger partial charge in [-0.2, -0.15) is 0 Å². The van der Waals surface area contributed by atoms with Crippen LogP contribution in [0, 0.1) is 11.8 Å². The summed E-state index contributed by atoms with van der Waals surface area (Å²) < 4.78 is 0. The molecule has 0 spiro atoms. The first-order chi connectivity index (χ1) is 5.69. The van der Waals surface area contributed by atoms with Gasteiger partial charge in [0, 0.05) is 19.1 Å². The fourth-order valence-corrected chi connectivity index (χ4v) is 2.22. The summed E-state index contributed by atoms with van der Waals surface area (Å²) >= 11 is 0. The molecule has 3 unspecified atom stereocenters. The Labute approximate surface area is 76.3 Å². The second kappa shape index (κ2) is 4.24. The lowest BCUT2D eigenvalue weighted by Crippen LogP contribution is -2.35. The van der Waals surface area contributed by atoms with Crippen LogP contribution in [0.1, 0.15) is 20.3 Å². The van der Waals surface area contributed by atoms with Crippen molar-refractivity contribution in [1.82, 2.24) is 10.2 Å². The molecule has 1 rings (SSSR count). The van der Waals surface area contributed by atoms with Crippen LogP contribution >= 0.6 is 0 Å². The monoisotopic (exact) mass is 170 g/mol. The van der Waals surface area contributed by atoms with E-state index in [-0.39, 0.29) is 0 Å². The highest BCUT2D eigenvalue weighted by atomic mass is 15.2. The van der Waals surface area contributed by atoms with Gasteiger partial charge in [-0.25, -0.2) is 0 Å². The molecule has 0 aromatic heterocycles. The molecule has 72 valence electrons. The van der Waals surface area contributed by atoms with E-state index in [2.05, 4.69) is 38.2 Å². The Morgan fingerprint density at radius 2 is 2.17 bits per heavy atom. The third-order valence-corrected chi connectivity index (χ3v) is 3.29. The minimum absolute atomic E-state index is 0.713. The molecule has 2 heteroatoms. The molecule has 0 amide bonds. The largest absolute Gasteiger partial charge is 0.315 e. The normalized spacial score (nSPS) is 34.0. The van der Waals surface area contributed by atoms with E-state index in [9.17, 15) is 0 Å². The van der Waals surface area contributed by atoms with Crippen LogP contribution in [0.3, 0.4) is 0 Å². The summed E-state index contributed by atoms with van der Waals surface area (Å²) in [5.41, 5.74) is 0. The molecule has 12 heavy (non-hydrogen) atoms. The van der Waals surface area contributed by atoms with Crippen LogP contribution in [0.5, 0.6) is 0 Å². The smallest absolute Gasteiger partial charge is 0.0234 e. The average molecular weight is 170 g/mol. The average Bonchev–Trinajstić information content (AvgIpc) is 2.45. The zero-order valence-electron chi connectivity index (χ0n) is 8.80. The first kappa shape index (κ1) is 10.0. The molecule has 1 aliphatic rings. The number of hydrogen-bond donors (Lipinski definition) is 1. The van der Waals surface area contributed by atoms with Gasteiger partial charge in [-0.1, -0.05) is 20.3 Å². The molecule has 1 N–H and O–H groups in total. The van der Waals surface area contributed by atoms with Gasteiger partial charge in [-0.3, -0.25) is 0 Å². The van der Waals surface area contributed by atoms with E-state index in [0.29, 0.717) is 6.04 Å². The SMILES string of the molecule is CCC(C)C1CN(C)CC1NC. The van der Waals surface area contributed by atoms with Crippen LogP contribution in [0.4, 0.5) is 0 Å². The maximum absolute atomic E-state index is 3.42. The summed E-state index contributed by atoms with van der Waals surface area (Å²) in [6.45, 7) is 7.13. The molecule has 0 saturated carbocycles. The van der Waals surface area contributed by atoms with Gasteiger partial charge in [-0.05, 0) is 25.9 Å². The zero-order valence-corrected chi connectivity index (χ0v) is 8.80. The van der Waals surface area contributed by atoms with E-state index >= 15 is 0 Å². The second-order valence-electron chi connectivity index (χ2n) is 4.17. The Morgan fingerprint density at radius 1 is 1.50 bits per heavy atom. The highest BCUT2D eigenvalue weighted by Crippen LogP contribution is 2.25. The van der Waals surface area contributed by atoms with Crippen molar-refractivity contribution in [3.63, 3.8) is 0 Å².